The zero-order chi connectivity index (χ0) is 19.3. The van der Waals surface area contributed by atoms with E-state index in [4.69, 9.17) is 0 Å². The third kappa shape index (κ3) is 4.94. The fourth-order valence-electron chi connectivity index (χ4n) is 3.05. The maximum atomic E-state index is 12.9. The minimum atomic E-state index is -3.61. The van der Waals surface area contributed by atoms with Crippen LogP contribution in [-0.2, 0) is 16.6 Å². The molecule has 0 spiro atoms. The molecule has 2 aromatic rings. The van der Waals surface area contributed by atoms with Crippen molar-refractivity contribution < 1.29 is 13.2 Å². The Balaban J connectivity index is 1.71. The van der Waals surface area contributed by atoms with Gasteiger partial charge in [-0.2, -0.15) is 9.40 Å². The van der Waals surface area contributed by atoms with Crippen LogP contribution >= 0.6 is 0 Å². The minimum absolute atomic E-state index is 0.144. The number of hydrogen-bond donors (Lipinski definition) is 2. The van der Waals surface area contributed by atoms with Crippen molar-refractivity contribution >= 4 is 15.9 Å². The summed E-state index contributed by atoms with van der Waals surface area (Å²) in [6.07, 6.45) is 4.28. The van der Waals surface area contributed by atoms with Gasteiger partial charge < -0.3 is 10.6 Å². The Morgan fingerprint density at radius 3 is 2.93 bits per heavy atom. The van der Waals surface area contributed by atoms with Crippen LogP contribution in [0.1, 0.15) is 23.7 Å². The first-order valence-corrected chi connectivity index (χ1v) is 10.5. The van der Waals surface area contributed by atoms with Crippen molar-refractivity contribution in [3.05, 3.63) is 48.3 Å². The van der Waals surface area contributed by atoms with Crippen LogP contribution in [0, 0.1) is 0 Å². The van der Waals surface area contributed by atoms with Crippen molar-refractivity contribution in [1.29, 1.82) is 0 Å². The van der Waals surface area contributed by atoms with Crippen molar-refractivity contribution in [2.45, 2.75) is 30.8 Å². The highest BCUT2D eigenvalue weighted by Gasteiger charge is 2.25. The Morgan fingerprint density at radius 2 is 2.15 bits per heavy atom. The first-order chi connectivity index (χ1) is 13.0. The van der Waals surface area contributed by atoms with E-state index in [-0.39, 0.29) is 16.8 Å². The number of benzene rings is 1. The summed E-state index contributed by atoms with van der Waals surface area (Å²) in [4.78, 5) is 12.7. The van der Waals surface area contributed by atoms with Gasteiger partial charge in [-0.1, -0.05) is 6.07 Å². The Kier molecular flexibility index (Phi) is 6.25. The highest BCUT2D eigenvalue weighted by atomic mass is 32.2. The molecule has 1 atom stereocenters. The molecule has 1 saturated heterocycles. The highest BCUT2D eigenvalue weighted by molar-refractivity contribution is 7.89. The van der Waals surface area contributed by atoms with Gasteiger partial charge in [-0.3, -0.25) is 9.48 Å². The van der Waals surface area contributed by atoms with E-state index in [1.54, 1.807) is 23.0 Å². The number of hydrogen-bond acceptors (Lipinski definition) is 5. The van der Waals surface area contributed by atoms with Crippen molar-refractivity contribution in [3.63, 3.8) is 0 Å². The van der Waals surface area contributed by atoms with E-state index in [0.29, 0.717) is 31.7 Å². The molecule has 1 amide bonds. The Bertz CT molecular complexity index is 859. The van der Waals surface area contributed by atoms with Crippen LogP contribution in [0.25, 0.3) is 0 Å². The third-order valence-corrected chi connectivity index (χ3v) is 6.33. The number of carbonyl (C=O) groups is 1. The Hall–Kier alpha value is -2.23. The van der Waals surface area contributed by atoms with Crippen LogP contribution in [0.4, 0.5) is 0 Å². The summed E-state index contributed by atoms with van der Waals surface area (Å²) in [6.45, 7) is 4.77. The molecule has 0 saturated carbocycles. The summed E-state index contributed by atoms with van der Waals surface area (Å²) < 4.78 is 29.0. The molecule has 0 bridgehead atoms. The van der Waals surface area contributed by atoms with E-state index in [1.165, 1.54) is 16.4 Å². The Morgan fingerprint density at radius 1 is 1.30 bits per heavy atom. The standard InChI is InChI=1S/C18H25N5O3S/c1-15(14-22-10-4-8-20-22)21-18(24)16-5-2-6-17(13-16)27(25,26)23-11-3-7-19-9-12-23/h2,4-6,8,10,13,15,19H,3,7,9,11-12,14H2,1H3,(H,21,24)/t15-/m0/s1. The van der Waals surface area contributed by atoms with E-state index in [2.05, 4.69) is 15.7 Å². The average Bonchev–Trinajstić information content (AvgIpc) is 3.00. The quantitative estimate of drug-likeness (QED) is 0.755. The SMILES string of the molecule is C[C@@H](Cn1cccn1)NC(=O)c1cccc(S(=O)(=O)N2CCCNCC2)c1. The van der Waals surface area contributed by atoms with E-state index in [1.807, 2.05) is 19.2 Å². The lowest BCUT2D eigenvalue weighted by atomic mass is 10.2. The summed E-state index contributed by atoms with van der Waals surface area (Å²) in [5.74, 6) is -0.302. The average molecular weight is 391 g/mol. The Labute approximate surface area is 159 Å². The lowest BCUT2D eigenvalue weighted by Gasteiger charge is -2.20. The summed E-state index contributed by atoms with van der Waals surface area (Å²) in [5, 5.41) is 10.2. The topological polar surface area (TPSA) is 96.3 Å². The van der Waals surface area contributed by atoms with Gasteiger partial charge in [0.25, 0.3) is 5.91 Å². The van der Waals surface area contributed by atoms with Crippen LogP contribution in [0.3, 0.4) is 0 Å². The van der Waals surface area contributed by atoms with Crippen LogP contribution in [-0.4, -0.2) is 60.6 Å². The molecule has 1 fully saturated rings. The van der Waals surface area contributed by atoms with Gasteiger partial charge in [-0.05, 0) is 44.2 Å². The number of sulfonamides is 1. The number of carbonyl (C=O) groups excluding carboxylic acids is 1. The summed E-state index contributed by atoms with van der Waals surface area (Å²) in [7, 11) is -3.61. The van der Waals surface area contributed by atoms with Crippen LogP contribution in [0.5, 0.6) is 0 Å². The molecule has 1 aromatic heterocycles. The first-order valence-electron chi connectivity index (χ1n) is 9.06. The molecule has 9 heteroatoms. The number of nitrogens with zero attached hydrogens (tertiary/aromatic N) is 3. The fourth-order valence-corrected chi connectivity index (χ4v) is 4.58. The molecule has 1 aliphatic heterocycles. The monoisotopic (exact) mass is 391 g/mol. The molecular formula is C18H25N5O3S. The minimum Gasteiger partial charge on any atom is -0.348 e. The van der Waals surface area contributed by atoms with Crippen LogP contribution in [0.15, 0.2) is 47.6 Å². The van der Waals surface area contributed by atoms with Crippen molar-refractivity contribution in [1.82, 2.24) is 24.7 Å². The number of aromatic nitrogens is 2. The van der Waals surface area contributed by atoms with Gasteiger partial charge in [0, 0.05) is 43.6 Å². The molecule has 27 heavy (non-hydrogen) atoms. The molecule has 0 unspecified atom stereocenters. The third-order valence-electron chi connectivity index (χ3n) is 4.43. The number of nitrogens with one attached hydrogen (secondary N) is 2. The number of rotatable bonds is 6. The van der Waals surface area contributed by atoms with Gasteiger partial charge in [0.2, 0.25) is 10.0 Å². The summed E-state index contributed by atoms with van der Waals surface area (Å²) >= 11 is 0. The second kappa shape index (κ2) is 8.64. The second-order valence-electron chi connectivity index (χ2n) is 6.64. The predicted octanol–water partition coefficient (Wildman–Crippen LogP) is 0.686. The first kappa shape index (κ1) is 19.5. The largest absolute Gasteiger partial charge is 0.348 e. The highest BCUT2D eigenvalue weighted by Crippen LogP contribution is 2.18. The summed E-state index contributed by atoms with van der Waals surface area (Å²) in [5.41, 5.74) is 0.330. The smallest absolute Gasteiger partial charge is 0.251 e. The van der Waals surface area contributed by atoms with Gasteiger partial charge in [-0.25, -0.2) is 8.42 Å². The number of amides is 1. The van der Waals surface area contributed by atoms with Crippen LogP contribution in [0.2, 0.25) is 0 Å². The van der Waals surface area contributed by atoms with Gasteiger partial charge in [0.05, 0.1) is 11.4 Å². The second-order valence-corrected chi connectivity index (χ2v) is 8.58. The molecule has 2 N–H and O–H groups in total. The molecular weight excluding hydrogens is 366 g/mol. The van der Waals surface area contributed by atoms with Gasteiger partial charge in [0.15, 0.2) is 0 Å². The molecule has 0 aliphatic carbocycles. The lowest BCUT2D eigenvalue weighted by Crippen LogP contribution is -2.36. The zero-order valence-corrected chi connectivity index (χ0v) is 16.2. The predicted molar refractivity (Wildman–Crippen MR) is 102 cm³/mol. The van der Waals surface area contributed by atoms with E-state index in [0.717, 1.165) is 13.0 Å². The van der Waals surface area contributed by atoms with E-state index in [9.17, 15) is 13.2 Å². The van der Waals surface area contributed by atoms with Crippen LogP contribution < -0.4 is 10.6 Å². The maximum absolute atomic E-state index is 12.9. The molecule has 3 rings (SSSR count). The van der Waals surface area contributed by atoms with Gasteiger partial charge in [0.1, 0.15) is 0 Å². The molecule has 2 heterocycles. The van der Waals surface area contributed by atoms with E-state index < -0.39 is 10.0 Å². The lowest BCUT2D eigenvalue weighted by molar-refractivity contribution is 0.0936. The summed E-state index contributed by atoms with van der Waals surface area (Å²) in [6, 6.07) is 7.90. The van der Waals surface area contributed by atoms with Crippen molar-refractivity contribution in [2.24, 2.45) is 0 Å². The van der Waals surface area contributed by atoms with Gasteiger partial charge >= 0.3 is 0 Å². The molecule has 0 radical (unpaired) electrons. The van der Waals surface area contributed by atoms with E-state index >= 15 is 0 Å². The maximum Gasteiger partial charge on any atom is 0.251 e. The van der Waals surface area contributed by atoms with Crippen molar-refractivity contribution in [3.8, 4) is 0 Å². The molecule has 8 nitrogen and oxygen atoms in total. The molecule has 146 valence electrons. The molecule has 1 aliphatic rings. The molecule has 1 aromatic carbocycles. The fraction of sp³-hybridized carbons (Fsp3) is 0.444. The zero-order valence-electron chi connectivity index (χ0n) is 15.3. The van der Waals surface area contributed by atoms with Gasteiger partial charge in [-0.15, -0.1) is 0 Å². The van der Waals surface area contributed by atoms with Crippen molar-refractivity contribution in [2.75, 3.05) is 26.2 Å². The normalized spacial score (nSPS) is 17.2.